The van der Waals surface area contributed by atoms with E-state index < -0.39 is 0 Å². The Kier molecular flexibility index (Phi) is 9.68. The van der Waals surface area contributed by atoms with Gasteiger partial charge in [0, 0.05) is 36.5 Å². The van der Waals surface area contributed by atoms with Gasteiger partial charge in [-0.1, -0.05) is 13.8 Å². The zero-order chi connectivity index (χ0) is 15.6. The number of nitrogens with two attached hydrogens (primary N) is 1. The molecule has 0 fully saturated rings. The maximum atomic E-state index is 5.46. The predicted molar refractivity (Wildman–Crippen MR) is 91.2 cm³/mol. The molecule has 0 aliphatic carbocycles. The fourth-order valence-electron chi connectivity index (χ4n) is 2.31. The molecule has 0 unspecified atom stereocenters. The fraction of sp³-hybridized carbons (Fsp3) is 0.875. The highest BCUT2D eigenvalue weighted by Gasteiger charge is 2.17. The molecule has 20 heavy (non-hydrogen) atoms. The van der Waals surface area contributed by atoms with Gasteiger partial charge >= 0.3 is 0 Å². The molecule has 3 N–H and O–H groups in total. The lowest BCUT2D eigenvalue weighted by atomic mass is 9.98. The topological polar surface area (TPSA) is 62.8 Å². The lowest BCUT2D eigenvalue weighted by Gasteiger charge is -2.26. The molecule has 0 amide bonds. The SMILES string of the molecule is CC(CC(C)C)=NCCNC(C)(C)CC(C)=NCCN. The van der Waals surface area contributed by atoms with Crippen molar-refractivity contribution in [2.24, 2.45) is 21.6 Å². The standard InChI is InChI=1S/C16H34N4/c1-13(2)11-14(3)19-9-10-20-16(5,6)12-15(4)18-8-7-17/h13,20H,7-12,17H2,1-6H3. The van der Waals surface area contributed by atoms with Gasteiger partial charge in [-0.25, -0.2) is 0 Å². The van der Waals surface area contributed by atoms with Gasteiger partial charge in [-0.05, 0) is 40.0 Å². The Morgan fingerprint density at radius 1 is 1.10 bits per heavy atom. The minimum absolute atomic E-state index is 0.0592. The normalized spacial score (nSPS) is 14.2. The summed E-state index contributed by atoms with van der Waals surface area (Å²) in [5, 5.41) is 3.56. The average Bonchev–Trinajstić information content (AvgIpc) is 2.30. The molecular formula is C16H34N4. The molecule has 0 spiro atoms. The molecule has 118 valence electrons. The van der Waals surface area contributed by atoms with Gasteiger partial charge in [-0.3, -0.25) is 9.98 Å². The second-order valence-electron chi connectivity index (χ2n) is 6.61. The molecule has 0 aliphatic rings. The molecule has 0 radical (unpaired) electrons. The van der Waals surface area contributed by atoms with Gasteiger partial charge in [0.25, 0.3) is 0 Å². The van der Waals surface area contributed by atoms with E-state index in [9.17, 15) is 0 Å². The van der Waals surface area contributed by atoms with E-state index in [1.165, 1.54) is 5.71 Å². The predicted octanol–water partition coefficient (Wildman–Crippen LogP) is 2.67. The van der Waals surface area contributed by atoms with E-state index in [2.05, 4.69) is 56.8 Å². The van der Waals surface area contributed by atoms with E-state index >= 15 is 0 Å². The Morgan fingerprint density at radius 2 is 1.70 bits per heavy atom. The van der Waals surface area contributed by atoms with Crippen LogP contribution in [0.5, 0.6) is 0 Å². The first-order chi connectivity index (χ1) is 9.26. The van der Waals surface area contributed by atoms with Crippen LogP contribution in [0.2, 0.25) is 0 Å². The van der Waals surface area contributed by atoms with Crippen LogP contribution in [0.4, 0.5) is 0 Å². The summed E-state index contributed by atoms with van der Waals surface area (Å²) < 4.78 is 0. The van der Waals surface area contributed by atoms with Crippen molar-refractivity contribution in [2.75, 3.05) is 26.2 Å². The zero-order valence-electron chi connectivity index (χ0n) is 14.3. The summed E-state index contributed by atoms with van der Waals surface area (Å²) in [5.74, 6) is 0.685. The molecule has 0 aromatic rings. The molecule has 0 rings (SSSR count). The molecule has 4 heteroatoms. The molecule has 0 aromatic heterocycles. The minimum Gasteiger partial charge on any atom is -0.329 e. The van der Waals surface area contributed by atoms with E-state index in [1.807, 2.05) is 0 Å². The van der Waals surface area contributed by atoms with Crippen molar-refractivity contribution < 1.29 is 0 Å². The van der Waals surface area contributed by atoms with E-state index in [4.69, 9.17) is 5.73 Å². The van der Waals surface area contributed by atoms with Crippen LogP contribution in [-0.4, -0.2) is 43.1 Å². The summed E-state index contributed by atoms with van der Waals surface area (Å²) in [6.07, 6.45) is 2.04. The molecule has 4 nitrogen and oxygen atoms in total. The molecule has 0 bridgehead atoms. The fourth-order valence-corrected chi connectivity index (χ4v) is 2.31. The van der Waals surface area contributed by atoms with Crippen LogP contribution in [0.3, 0.4) is 0 Å². The maximum absolute atomic E-state index is 5.46. The number of nitrogens with zero attached hydrogens (tertiary/aromatic N) is 2. The van der Waals surface area contributed by atoms with Crippen LogP contribution in [0.25, 0.3) is 0 Å². The summed E-state index contributed by atoms with van der Waals surface area (Å²) >= 11 is 0. The summed E-state index contributed by atoms with van der Waals surface area (Å²) in [4.78, 5) is 9.04. The highest BCUT2D eigenvalue weighted by molar-refractivity contribution is 5.83. The Labute approximate surface area is 125 Å². The zero-order valence-corrected chi connectivity index (χ0v) is 14.3. The van der Waals surface area contributed by atoms with Crippen molar-refractivity contribution in [1.29, 1.82) is 0 Å². The Morgan fingerprint density at radius 3 is 2.25 bits per heavy atom. The molecular weight excluding hydrogens is 248 g/mol. The maximum Gasteiger partial charge on any atom is 0.0513 e. The Balaban J connectivity index is 4.04. The van der Waals surface area contributed by atoms with Crippen molar-refractivity contribution in [1.82, 2.24) is 5.32 Å². The lowest BCUT2D eigenvalue weighted by molar-refractivity contribution is 0.407. The summed E-state index contributed by atoms with van der Waals surface area (Å²) in [5.41, 5.74) is 7.93. The number of rotatable bonds is 10. The van der Waals surface area contributed by atoms with Gasteiger partial charge in [0.1, 0.15) is 0 Å². The average molecular weight is 282 g/mol. The van der Waals surface area contributed by atoms with Crippen LogP contribution < -0.4 is 11.1 Å². The van der Waals surface area contributed by atoms with Crippen molar-refractivity contribution in [2.45, 2.75) is 59.9 Å². The first kappa shape index (κ1) is 19.3. The number of hydrogen-bond acceptors (Lipinski definition) is 4. The quantitative estimate of drug-likeness (QED) is 0.478. The number of nitrogens with one attached hydrogen (secondary N) is 1. The van der Waals surface area contributed by atoms with Crippen LogP contribution in [0.15, 0.2) is 9.98 Å². The number of hydrogen-bond donors (Lipinski definition) is 2. The van der Waals surface area contributed by atoms with E-state index in [0.29, 0.717) is 12.5 Å². The van der Waals surface area contributed by atoms with Gasteiger partial charge in [-0.15, -0.1) is 0 Å². The highest BCUT2D eigenvalue weighted by Crippen LogP contribution is 2.09. The van der Waals surface area contributed by atoms with Crippen LogP contribution in [-0.2, 0) is 0 Å². The monoisotopic (exact) mass is 282 g/mol. The first-order valence-electron chi connectivity index (χ1n) is 7.72. The molecule has 0 atom stereocenters. The molecule has 0 aromatic carbocycles. The van der Waals surface area contributed by atoms with Crippen molar-refractivity contribution >= 4 is 11.4 Å². The highest BCUT2D eigenvalue weighted by atomic mass is 15.0. The van der Waals surface area contributed by atoms with Crippen molar-refractivity contribution in [3.63, 3.8) is 0 Å². The van der Waals surface area contributed by atoms with Crippen molar-refractivity contribution in [3.8, 4) is 0 Å². The van der Waals surface area contributed by atoms with Gasteiger partial charge in [-0.2, -0.15) is 0 Å². The molecule has 0 aliphatic heterocycles. The lowest BCUT2D eigenvalue weighted by Crippen LogP contribution is -2.42. The van der Waals surface area contributed by atoms with Crippen LogP contribution in [0, 0.1) is 5.92 Å². The van der Waals surface area contributed by atoms with E-state index in [-0.39, 0.29) is 5.54 Å². The van der Waals surface area contributed by atoms with E-state index in [0.717, 1.165) is 38.2 Å². The molecule has 0 saturated carbocycles. The smallest absolute Gasteiger partial charge is 0.0513 e. The third-order valence-electron chi connectivity index (χ3n) is 3.01. The van der Waals surface area contributed by atoms with Gasteiger partial charge < -0.3 is 11.1 Å². The second kappa shape index (κ2) is 10.1. The summed E-state index contributed by atoms with van der Waals surface area (Å²) in [6, 6.07) is 0. The molecule has 0 saturated heterocycles. The van der Waals surface area contributed by atoms with Gasteiger partial charge in [0.05, 0.1) is 13.1 Å². The third-order valence-corrected chi connectivity index (χ3v) is 3.01. The van der Waals surface area contributed by atoms with Crippen LogP contribution in [0.1, 0.15) is 54.4 Å². The largest absolute Gasteiger partial charge is 0.329 e. The van der Waals surface area contributed by atoms with Gasteiger partial charge in [0.15, 0.2) is 0 Å². The van der Waals surface area contributed by atoms with E-state index in [1.54, 1.807) is 0 Å². The summed E-state index contributed by atoms with van der Waals surface area (Å²) in [7, 11) is 0. The first-order valence-corrected chi connectivity index (χ1v) is 7.72. The second-order valence-corrected chi connectivity index (χ2v) is 6.61. The molecule has 0 heterocycles. The number of aliphatic imine (C=N–C) groups is 2. The Hall–Kier alpha value is -0.740. The third kappa shape index (κ3) is 11.1. The van der Waals surface area contributed by atoms with Gasteiger partial charge in [0.2, 0.25) is 0 Å². The Bertz CT molecular complexity index is 316. The van der Waals surface area contributed by atoms with Crippen molar-refractivity contribution in [3.05, 3.63) is 0 Å². The summed E-state index contributed by atoms with van der Waals surface area (Å²) in [6.45, 7) is 16.2. The van der Waals surface area contributed by atoms with Crippen LogP contribution >= 0.6 is 0 Å². The minimum atomic E-state index is 0.0592.